The quantitative estimate of drug-likeness (QED) is 0.134. The van der Waals surface area contributed by atoms with E-state index in [1.54, 1.807) is 60.7 Å². The summed E-state index contributed by atoms with van der Waals surface area (Å²) in [5.74, 6) is -0.229. The van der Waals surface area contributed by atoms with Gasteiger partial charge >= 0.3 is 5.97 Å². The first-order valence-corrected chi connectivity index (χ1v) is 11.4. The van der Waals surface area contributed by atoms with Crippen LogP contribution in [0, 0.1) is 3.57 Å². The molecular weight excluding hydrogens is 549 g/mol. The Labute approximate surface area is 210 Å². The van der Waals surface area contributed by atoms with Crippen molar-refractivity contribution in [3.8, 4) is 11.5 Å². The highest BCUT2D eigenvalue weighted by Gasteiger charge is 2.11. The molecule has 0 heterocycles. The lowest BCUT2D eigenvalue weighted by molar-refractivity contribution is -0.120. The Morgan fingerprint density at radius 1 is 0.941 bits per heavy atom. The number of hydrogen-bond donors (Lipinski definition) is 2. The van der Waals surface area contributed by atoms with Gasteiger partial charge in [0.2, 0.25) is 0 Å². The molecule has 2 amide bonds. The van der Waals surface area contributed by atoms with Gasteiger partial charge < -0.3 is 14.8 Å². The van der Waals surface area contributed by atoms with Crippen LogP contribution < -0.4 is 20.2 Å². The van der Waals surface area contributed by atoms with Gasteiger partial charge in [-0.15, -0.1) is 0 Å². The fourth-order valence-electron chi connectivity index (χ4n) is 2.76. The number of carbonyl (C=O) groups is 3. The van der Waals surface area contributed by atoms with Crippen LogP contribution in [-0.4, -0.2) is 37.1 Å². The van der Waals surface area contributed by atoms with Crippen LogP contribution in [0.5, 0.6) is 11.5 Å². The van der Waals surface area contributed by atoms with E-state index >= 15 is 0 Å². The Morgan fingerprint density at radius 2 is 1.62 bits per heavy atom. The molecule has 2 N–H and O–H groups in total. The van der Waals surface area contributed by atoms with E-state index < -0.39 is 11.9 Å². The zero-order chi connectivity index (χ0) is 24.3. The number of nitrogens with one attached hydrogen (secondary N) is 2. The third kappa shape index (κ3) is 7.41. The Kier molecular flexibility index (Phi) is 9.15. The summed E-state index contributed by atoms with van der Waals surface area (Å²) in [5.41, 5.74) is 3.95. The minimum Gasteiger partial charge on any atom is -0.494 e. The number of hydrogen-bond acceptors (Lipinski definition) is 6. The fourth-order valence-corrected chi connectivity index (χ4v) is 3.37. The highest BCUT2D eigenvalue weighted by molar-refractivity contribution is 14.1. The molecular formula is C25H22IN3O5. The van der Waals surface area contributed by atoms with E-state index in [0.29, 0.717) is 34.8 Å². The smallest absolute Gasteiger partial charge is 0.344 e. The van der Waals surface area contributed by atoms with Crippen molar-refractivity contribution in [1.29, 1.82) is 0 Å². The van der Waals surface area contributed by atoms with Crippen molar-refractivity contribution in [3.63, 3.8) is 0 Å². The molecule has 0 aliphatic carbocycles. The highest BCUT2D eigenvalue weighted by atomic mass is 127. The first kappa shape index (κ1) is 24.9. The lowest BCUT2D eigenvalue weighted by Gasteiger charge is -2.06. The second-order valence-electron chi connectivity index (χ2n) is 6.87. The SMILES string of the molecule is CCOc1ccc(C(=O)NCC(=O)N/N=C/c2ccc(OC(=O)c3ccccc3I)cc2)cc1. The number of ether oxygens (including phenoxy) is 2. The van der Waals surface area contributed by atoms with E-state index in [2.05, 4.69) is 38.4 Å². The summed E-state index contributed by atoms with van der Waals surface area (Å²) in [5, 5.41) is 6.40. The van der Waals surface area contributed by atoms with Crippen LogP contribution in [-0.2, 0) is 4.79 Å². The highest BCUT2D eigenvalue weighted by Crippen LogP contribution is 2.17. The van der Waals surface area contributed by atoms with E-state index in [1.165, 1.54) is 6.21 Å². The third-order valence-corrected chi connectivity index (χ3v) is 5.36. The summed E-state index contributed by atoms with van der Waals surface area (Å²) < 4.78 is 11.5. The molecule has 0 unspecified atom stereocenters. The zero-order valence-electron chi connectivity index (χ0n) is 18.3. The molecule has 8 nitrogen and oxygen atoms in total. The molecule has 34 heavy (non-hydrogen) atoms. The molecule has 3 rings (SSSR count). The predicted octanol–water partition coefficient (Wildman–Crippen LogP) is 3.79. The Morgan fingerprint density at radius 3 is 2.29 bits per heavy atom. The van der Waals surface area contributed by atoms with Crippen molar-refractivity contribution in [2.24, 2.45) is 5.10 Å². The van der Waals surface area contributed by atoms with E-state index in [9.17, 15) is 14.4 Å². The van der Waals surface area contributed by atoms with Crippen molar-refractivity contribution in [2.75, 3.05) is 13.2 Å². The Balaban J connectivity index is 1.44. The summed E-state index contributed by atoms with van der Waals surface area (Å²) in [6.45, 7) is 2.19. The predicted molar refractivity (Wildman–Crippen MR) is 136 cm³/mol. The number of esters is 1. The van der Waals surface area contributed by atoms with Crippen LogP contribution >= 0.6 is 22.6 Å². The first-order valence-electron chi connectivity index (χ1n) is 10.4. The van der Waals surface area contributed by atoms with E-state index in [0.717, 1.165) is 3.57 Å². The zero-order valence-corrected chi connectivity index (χ0v) is 20.4. The second-order valence-corrected chi connectivity index (χ2v) is 8.03. The van der Waals surface area contributed by atoms with Gasteiger partial charge in [-0.05, 0) is 95.7 Å². The number of nitrogens with zero attached hydrogens (tertiary/aromatic N) is 1. The molecule has 0 radical (unpaired) electrons. The maximum Gasteiger partial charge on any atom is 0.344 e. The van der Waals surface area contributed by atoms with Crippen LogP contribution in [0.25, 0.3) is 0 Å². The molecule has 174 valence electrons. The van der Waals surface area contributed by atoms with E-state index in [1.807, 2.05) is 19.1 Å². The summed E-state index contributed by atoms with van der Waals surface area (Å²) in [6, 6.07) is 20.4. The topological polar surface area (TPSA) is 106 Å². The molecule has 0 atom stereocenters. The Hall–Kier alpha value is -3.73. The van der Waals surface area contributed by atoms with Gasteiger partial charge in [0.1, 0.15) is 11.5 Å². The van der Waals surface area contributed by atoms with E-state index in [-0.39, 0.29) is 12.5 Å². The number of rotatable bonds is 9. The average molecular weight is 571 g/mol. The first-order chi connectivity index (χ1) is 16.5. The van der Waals surface area contributed by atoms with Crippen LogP contribution in [0.1, 0.15) is 33.2 Å². The van der Waals surface area contributed by atoms with Crippen molar-refractivity contribution >= 4 is 46.6 Å². The van der Waals surface area contributed by atoms with Crippen LogP contribution in [0.4, 0.5) is 0 Å². The summed E-state index contributed by atoms with van der Waals surface area (Å²) in [4.78, 5) is 36.3. The molecule has 0 bridgehead atoms. The van der Waals surface area contributed by atoms with Crippen molar-refractivity contribution < 1.29 is 23.9 Å². The molecule has 0 saturated heterocycles. The van der Waals surface area contributed by atoms with Crippen molar-refractivity contribution in [2.45, 2.75) is 6.92 Å². The number of benzene rings is 3. The Bertz CT molecular complexity index is 1180. The average Bonchev–Trinajstić information content (AvgIpc) is 2.84. The van der Waals surface area contributed by atoms with Gasteiger partial charge in [-0.3, -0.25) is 9.59 Å². The molecule has 3 aromatic carbocycles. The number of amides is 2. The number of hydrazone groups is 1. The van der Waals surface area contributed by atoms with E-state index in [4.69, 9.17) is 9.47 Å². The second kappa shape index (κ2) is 12.5. The van der Waals surface area contributed by atoms with Gasteiger partial charge in [-0.1, -0.05) is 12.1 Å². The molecule has 0 aliphatic rings. The normalized spacial score (nSPS) is 10.5. The number of halogens is 1. The maximum atomic E-state index is 12.3. The van der Waals surface area contributed by atoms with Crippen LogP contribution in [0.2, 0.25) is 0 Å². The van der Waals surface area contributed by atoms with Gasteiger partial charge in [0.15, 0.2) is 0 Å². The summed E-state index contributed by atoms with van der Waals surface area (Å²) in [6.07, 6.45) is 1.44. The fraction of sp³-hybridized carbons (Fsp3) is 0.120. The standard InChI is InChI=1S/C25H22IN3O5/c1-2-33-19-13-9-18(10-14-19)24(31)27-16-23(30)29-28-15-17-7-11-20(12-8-17)34-25(32)21-5-3-4-6-22(21)26/h3-15H,2,16H2,1H3,(H,27,31)(H,29,30)/b28-15+. The van der Waals surface area contributed by atoms with Gasteiger partial charge in [-0.2, -0.15) is 5.10 Å². The van der Waals surface area contributed by atoms with Gasteiger partial charge in [0.25, 0.3) is 11.8 Å². The largest absolute Gasteiger partial charge is 0.494 e. The van der Waals surface area contributed by atoms with Crippen LogP contribution in [0.3, 0.4) is 0 Å². The molecule has 3 aromatic rings. The summed E-state index contributed by atoms with van der Waals surface area (Å²) >= 11 is 2.08. The maximum absolute atomic E-state index is 12.3. The van der Waals surface area contributed by atoms with Gasteiger partial charge in [0, 0.05) is 9.13 Å². The van der Waals surface area contributed by atoms with Gasteiger partial charge in [0.05, 0.1) is 24.9 Å². The lowest BCUT2D eigenvalue weighted by Crippen LogP contribution is -2.34. The van der Waals surface area contributed by atoms with Crippen LogP contribution in [0.15, 0.2) is 77.9 Å². The molecule has 0 aliphatic heterocycles. The monoisotopic (exact) mass is 571 g/mol. The summed E-state index contributed by atoms with van der Waals surface area (Å²) in [7, 11) is 0. The molecule has 0 fully saturated rings. The third-order valence-electron chi connectivity index (χ3n) is 4.42. The lowest BCUT2D eigenvalue weighted by atomic mass is 10.2. The van der Waals surface area contributed by atoms with Gasteiger partial charge in [-0.25, -0.2) is 10.2 Å². The molecule has 0 saturated carbocycles. The van der Waals surface area contributed by atoms with Crippen molar-refractivity contribution in [1.82, 2.24) is 10.7 Å². The van der Waals surface area contributed by atoms with Crippen molar-refractivity contribution in [3.05, 3.63) is 93.1 Å². The molecule has 9 heteroatoms. The molecule has 0 aromatic heterocycles. The molecule has 0 spiro atoms. The minimum absolute atomic E-state index is 0.226. The minimum atomic E-state index is -0.474. The number of carbonyl (C=O) groups excluding carboxylic acids is 3.